The monoisotopic (exact) mass is 269 g/mol. The molecule has 4 N–H and O–H groups in total. The van der Waals surface area contributed by atoms with Crippen LogP contribution in [-0.2, 0) is 0 Å². The molecule has 0 aromatic carbocycles. The average molecular weight is 269 g/mol. The van der Waals surface area contributed by atoms with Gasteiger partial charge in [0.05, 0.1) is 0 Å². The van der Waals surface area contributed by atoms with Crippen molar-refractivity contribution in [2.75, 3.05) is 6.54 Å². The van der Waals surface area contributed by atoms with Crippen LogP contribution in [0.4, 0.5) is 0 Å². The molecule has 0 spiro atoms. The van der Waals surface area contributed by atoms with Crippen molar-refractivity contribution < 1.29 is 5.21 Å². The predicted octanol–water partition coefficient (Wildman–Crippen LogP) is 3.10. The fourth-order valence-corrected chi connectivity index (χ4v) is 2.94. The third kappa shape index (κ3) is 4.68. The van der Waals surface area contributed by atoms with Crippen molar-refractivity contribution in [1.29, 1.82) is 0 Å². The maximum atomic E-state index is 8.72. The SMILES string of the molecule is CC(C)(CCCCNC1CCCC1(C)C)C(N)=NO. The van der Waals surface area contributed by atoms with Crippen molar-refractivity contribution in [3.63, 3.8) is 0 Å². The maximum Gasteiger partial charge on any atom is 0.144 e. The molecule has 0 amide bonds. The first-order chi connectivity index (χ1) is 8.79. The van der Waals surface area contributed by atoms with Gasteiger partial charge in [-0.25, -0.2) is 0 Å². The number of nitrogens with zero attached hydrogens (tertiary/aromatic N) is 1. The summed E-state index contributed by atoms with van der Waals surface area (Å²) in [6, 6.07) is 0.671. The Morgan fingerprint density at radius 2 is 2.11 bits per heavy atom. The van der Waals surface area contributed by atoms with Crippen LogP contribution in [0.3, 0.4) is 0 Å². The van der Waals surface area contributed by atoms with E-state index in [0.717, 1.165) is 25.8 Å². The van der Waals surface area contributed by atoms with Crippen LogP contribution in [0, 0.1) is 10.8 Å². The van der Waals surface area contributed by atoms with Gasteiger partial charge in [-0.15, -0.1) is 0 Å². The van der Waals surface area contributed by atoms with E-state index in [9.17, 15) is 0 Å². The zero-order valence-electron chi connectivity index (χ0n) is 13.0. The van der Waals surface area contributed by atoms with Gasteiger partial charge in [0.1, 0.15) is 5.84 Å². The Bertz CT molecular complexity index is 311. The van der Waals surface area contributed by atoms with Gasteiger partial charge < -0.3 is 16.3 Å². The fraction of sp³-hybridized carbons (Fsp3) is 0.933. The van der Waals surface area contributed by atoms with Crippen molar-refractivity contribution in [3.05, 3.63) is 0 Å². The van der Waals surface area contributed by atoms with E-state index in [1.54, 1.807) is 0 Å². The maximum absolute atomic E-state index is 8.72. The highest BCUT2D eigenvalue weighted by atomic mass is 16.4. The lowest BCUT2D eigenvalue weighted by Gasteiger charge is -2.28. The Morgan fingerprint density at radius 3 is 2.63 bits per heavy atom. The van der Waals surface area contributed by atoms with Crippen LogP contribution in [0.2, 0.25) is 0 Å². The molecule has 1 atom stereocenters. The summed E-state index contributed by atoms with van der Waals surface area (Å²) in [5.74, 6) is 0.331. The van der Waals surface area contributed by atoms with Gasteiger partial charge in [-0.2, -0.15) is 0 Å². The predicted molar refractivity (Wildman–Crippen MR) is 80.5 cm³/mol. The molecule has 112 valence electrons. The first-order valence-electron chi connectivity index (χ1n) is 7.51. The lowest BCUT2D eigenvalue weighted by atomic mass is 9.85. The number of unbranched alkanes of at least 4 members (excludes halogenated alkanes) is 1. The molecule has 19 heavy (non-hydrogen) atoms. The van der Waals surface area contributed by atoms with Crippen molar-refractivity contribution in [2.45, 2.75) is 72.3 Å². The fourth-order valence-electron chi connectivity index (χ4n) is 2.94. The minimum Gasteiger partial charge on any atom is -0.409 e. The molecular formula is C15H31N3O. The van der Waals surface area contributed by atoms with Crippen LogP contribution in [0.15, 0.2) is 5.16 Å². The minimum absolute atomic E-state index is 0.207. The van der Waals surface area contributed by atoms with Crippen LogP contribution in [0.25, 0.3) is 0 Å². The number of nitrogens with one attached hydrogen (secondary N) is 1. The zero-order chi connectivity index (χ0) is 14.5. The van der Waals surface area contributed by atoms with Gasteiger partial charge in [0.15, 0.2) is 0 Å². The van der Waals surface area contributed by atoms with Gasteiger partial charge in [0.2, 0.25) is 0 Å². The molecule has 0 radical (unpaired) electrons. The highest BCUT2D eigenvalue weighted by molar-refractivity contribution is 5.85. The molecule has 1 fully saturated rings. The third-order valence-corrected chi connectivity index (χ3v) is 4.68. The molecule has 0 bridgehead atoms. The lowest BCUT2D eigenvalue weighted by molar-refractivity contribution is 0.280. The van der Waals surface area contributed by atoms with Gasteiger partial charge in [-0.1, -0.05) is 45.7 Å². The van der Waals surface area contributed by atoms with Crippen molar-refractivity contribution in [1.82, 2.24) is 5.32 Å². The molecule has 1 aliphatic rings. The summed E-state index contributed by atoms with van der Waals surface area (Å²) in [6.07, 6.45) is 7.20. The van der Waals surface area contributed by atoms with Gasteiger partial charge in [-0.05, 0) is 37.6 Å². The Kier molecular flexibility index (Phi) is 5.65. The summed E-state index contributed by atoms with van der Waals surface area (Å²) in [7, 11) is 0. The Hall–Kier alpha value is -0.770. The number of rotatable bonds is 7. The molecule has 0 aromatic rings. The van der Waals surface area contributed by atoms with Crippen LogP contribution in [-0.4, -0.2) is 23.6 Å². The normalized spacial score (nSPS) is 23.8. The highest BCUT2D eigenvalue weighted by Gasteiger charge is 2.33. The number of nitrogens with two attached hydrogens (primary N) is 1. The molecule has 1 unspecified atom stereocenters. The van der Waals surface area contributed by atoms with Crippen LogP contribution < -0.4 is 11.1 Å². The van der Waals surface area contributed by atoms with Crippen LogP contribution >= 0.6 is 0 Å². The second-order valence-corrected chi connectivity index (χ2v) is 7.21. The molecule has 0 heterocycles. The van der Waals surface area contributed by atoms with Crippen molar-refractivity contribution in [3.8, 4) is 0 Å². The second kappa shape index (κ2) is 6.60. The summed E-state index contributed by atoms with van der Waals surface area (Å²) in [4.78, 5) is 0. The topological polar surface area (TPSA) is 70.6 Å². The van der Waals surface area contributed by atoms with E-state index in [-0.39, 0.29) is 5.41 Å². The molecule has 4 nitrogen and oxygen atoms in total. The Labute approximate surface area is 117 Å². The van der Waals surface area contributed by atoms with E-state index in [2.05, 4.69) is 24.3 Å². The molecule has 1 rings (SSSR count). The first kappa shape index (κ1) is 16.3. The number of oxime groups is 1. The smallest absolute Gasteiger partial charge is 0.144 e. The summed E-state index contributed by atoms with van der Waals surface area (Å²) >= 11 is 0. The molecular weight excluding hydrogens is 238 g/mol. The quantitative estimate of drug-likeness (QED) is 0.219. The van der Waals surface area contributed by atoms with E-state index >= 15 is 0 Å². The van der Waals surface area contributed by atoms with E-state index < -0.39 is 0 Å². The van der Waals surface area contributed by atoms with Crippen molar-refractivity contribution >= 4 is 5.84 Å². The molecule has 1 saturated carbocycles. The molecule has 0 aromatic heterocycles. The van der Waals surface area contributed by atoms with Gasteiger partial charge in [-0.3, -0.25) is 0 Å². The summed E-state index contributed by atoms with van der Waals surface area (Å²) in [5, 5.41) is 15.5. The van der Waals surface area contributed by atoms with Gasteiger partial charge in [0.25, 0.3) is 0 Å². The third-order valence-electron chi connectivity index (χ3n) is 4.68. The van der Waals surface area contributed by atoms with Gasteiger partial charge >= 0.3 is 0 Å². The largest absolute Gasteiger partial charge is 0.409 e. The average Bonchev–Trinajstić information content (AvgIpc) is 2.67. The van der Waals surface area contributed by atoms with Gasteiger partial charge in [0, 0.05) is 11.5 Å². The zero-order valence-corrected chi connectivity index (χ0v) is 13.0. The summed E-state index contributed by atoms with van der Waals surface area (Å²) in [6.45, 7) is 9.84. The molecule has 0 aliphatic heterocycles. The number of hydrogen-bond donors (Lipinski definition) is 3. The lowest BCUT2D eigenvalue weighted by Crippen LogP contribution is -2.38. The van der Waals surface area contributed by atoms with Crippen molar-refractivity contribution in [2.24, 2.45) is 21.7 Å². The van der Waals surface area contributed by atoms with Crippen LogP contribution in [0.1, 0.15) is 66.2 Å². The molecule has 1 aliphatic carbocycles. The molecule has 0 saturated heterocycles. The highest BCUT2D eigenvalue weighted by Crippen LogP contribution is 2.37. The van der Waals surface area contributed by atoms with E-state index in [1.165, 1.54) is 19.3 Å². The Balaban J connectivity index is 2.18. The second-order valence-electron chi connectivity index (χ2n) is 7.21. The molecule has 4 heteroatoms. The summed E-state index contributed by atoms with van der Waals surface area (Å²) in [5.41, 5.74) is 5.93. The standard InChI is InChI=1S/C15H31N3O/c1-14(2)10-7-8-12(14)17-11-6-5-9-15(3,4)13(16)18-19/h12,17,19H,5-11H2,1-4H3,(H2,16,18). The number of hydrogen-bond acceptors (Lipinski definition) is 3. The first-order valence-corrected chi connectivity index (χ1v) is 7.51. The summed E-state index contributed by atoms with van der Waals surface area (Å²) < 4.78 is 0. The van der Waals surface area contributed by atoms with E-state index in [4.69, 9.17) is 10.9 Å². The number of amidine groups is 1. The minimum atomic E-state index is -0.207. The Morgan fingerprint density at radius 1 is 1.42 bits per heavy atom. The van der Waals surface area contributed by atoms with Crippen LogP contribution in [0.5, 0.6) is 0 Å². The van der Waals surface area contributed by atoms with E-state index in [1.807, 2.05) is 13.8 Å². The van der Waals surface area contributed by atoms with E-state index in [0.29, 0.717) is 17.3 Å².